The second-order valence-corrected chi connectivity index (χ2v) is 4.90. The molecule has 0 saturated carbocycles. The van der Waals surface area contributed by atoms with Crippen molar-refractivity contribution in [3.8, 4) is 0 Å². The SMILES string of the molecule is CNC(=O)N1CCCC1C(=O)NNc1ccc(C(=O)O)cc1. The number of carbonyl (C=O) groups is 3. The van der Waals surface area contributed by atoms with Gasteiger partial charge in [0, 0.05) is 13.6 Å². The van der Waals surface area contributed by atoms with E-state index in [9.17, 15) is 14.4 Å². The lowest BCUT2D eigenvalue weighted by Gasteiger charge is -2.23. The maximum atomic E-state index is 12.1. The standard InChI is InChI=1S/C14H18N4O4/c1-15-14(22)18-8-2-3-11(18)12(19)17-16-10-6-4-9(5-7-10)13(20)21/h4-7,11,16H,2-3,8H2,1H3,(H,15,22)(H,17,19)(H,20,21). The zero-order valence-corrected chi connectivity index (χ0v) is 12.1. The van der Waals surface area contributed by atoms with E-state index in [1.165, 1.54) is 24.1 Å². The van der Waals surface area contributed by atoms with E-state index in [2.05, 4.69) is 16.2 Å². The number of nitrogens with one attached hydrogen (secondary N) is 3. The molecule has 1 heterocycles. The second-order valence-electron chi connectivity index (χ2n) is 4.90. The zero-order chi connectivity index (χ0) is 16.1. The Morgan fingerprint density at radius 3 is 2.50 bits per heavy atom. The highest BCUT2D eigenvalue weighted by Gasteiger charge is 2.33. The Labute approximate surface area is 127 Å². The molecule has 8 nitrogen and oxygen atoms in total. The number of anilines is 1. The van der Waals surface area contributed by atoms with Gasteiger partial charge in [0.2, 0.25) is 0 Å². The van der Waals surface area contributed by atoms with E-state index in [1.807, 2.05) is 0 Å². The van der Waals surface area contributed by atoms with Crippen LogP contribution in [0.25, 0.3) is 0 Å². The summed E-state index contributed by atoms with van der Waals surface area (Å²) >= 11 is 0. The van der Waals surface area contributed by atoms with Gasteiger partial charge in [-0.25, -0.2) is 9.59 Å². The molecule has 1 saturated heterocycles. The molecule has 0 aromatic heterocycles. The molecule has 0 radical (unpaired) electrons. The van der Waals surface area contributed by atoms with Crippen molar-refractivity contribution < 1.29 is 19.5 Å². The third-order valence-electron chi connectivity index (χ3n) is 3.49. The predicted octanol–water partition coefficient (Wildman–Crippen LogP) is 0.632. The van der Waals surface area contributed by atoms with Gasteiger partial charge in [0.15, 0.2) is 0 Å². The minimum atomic E-state index is -1.01. The van der Waals surface area contributed by atoms with Crippen molar-refractivity contribution in [2.75, 3.05) is 19.0 Å². The van der Waals surface area contributed by atoms with Crippen LogP contribution in [0.1, 0.15) is 23.2 Å². The molecule has 0 bridgehead atoms. The van der Waals surface area contributed by atoms with Crippen LogP contribution in [0.4, 0.5) is 10.5 Å². The minimum Gasteiger partial charge on any atom is -0.478 e. The van der Waals surface area contributed by atoms with E-state index in [1.54, 1.807) is 12.1 Å². The third-order valence-corrected chi connectivity index (χ3v) is 3.49. The number of likely N-dealkylation sites (tertiary alicyclic amines) is 1. The van der Waals surface area contributed by atoms with Crippen molar-refractivity contribution in [3.63, 3.8) is 0 Å². The number of carbonyl (C=O) groups excluding carboxylic acids is 2. The highest BCUT2D eigenvalue weighted by molar-refractivity contribution is 5.89. The molecule has 1 aliphatic heterocycles. The van der Waals surface area contributed by atoms with Crippen LogP contribution < -0.4 is 16.2 Å². The molecule has 2 rings (SSSR count). The van der Waals surface area contributed by atoms with Gasteiger partial charge in [-0.1, -0.05) is 0 Å². The normalized spacial score (nSPS) is 17.0. The Bertz CT molecular complexity index is 573. The number of rotatable bonds is 4. The molecule has 22 heavy (non-hydrogen) atoms. The summed E-state index contributed by atoms with van der Waals surface area (Å²) in [6, 6.07) is 5.19. The van der Waals surface area contributed by atoms with Crippen LogP contribution in [0.5, 0.6) is 0 Å². The first-order valence-corrected chi connectivity index (χ1v) is 6.90. The summed E-state index contributed by atoms with van der Waals surface area (Å²) < 4.78 is 0. The fourth-order valence-corrected chi connectivity index (χ4v) is 2.34. The van der Waals surface area contributed by atoms with Gasteiger partial charge < -0.3 is 15.3 Å². The van der Waals surface area contributed by atoms with Gasteiger partial charge in [0.1, 0.15) is 6.04 Å². The summed E-state index contributed by atoms with van der Waals surface area (Å²) in [4.78, 5) is 36.0. The topological polar surface area (TPSA) is 111 Å². The zero-order valence-electron chi connectivity index (χ0n) is 12.1. The molecule has 4 N–H and O–H groups in total. The van der Waals surface area contributed by atoms with Crippen LogP contribution in [0.2, 0.25) is 0 Å². The number of hydrogen-bond donors (Lipinski definition) is 4. The number of carboxylic acid groups (broad SMARTS) is 1. The fraction of sp³-hybridized carbons (Fsp3) is 0.357. The fourth-order valence-electron chi connectivity index (χ4n) is 2.34. The minimum absolute atomic E-state index is 0.165. The average molecular weight is 306 g/mol. The van der Waals surface area contributed by atoms with Gasteiger partial charge in [0.05, 0.1) is 11.3 Å². The Balaban J connectivity index is 1.92. The van der Waals surface area contributed by atoms with Crippen LogP contribution in [-0.2, 0) is 4.79 Å². The number of amides is 3. The monoisotopic (exact) mass is 306 g/mol. The summed E-state index contributed by atoms with van der Waals surface area (Å²) in [5.41, 5.74) is 5.98. The van der Waals surface area contributed by atoms with Gasteiger partial charge in [-0.05, 0) is 37.1 Å². The summed E-state index contributed by atoms with van der Waals surface area (Å²) in [5, 5.41) is 11.3. The molecule has 0 aliphatic carbocycles. The quantitative estimate of drug-likeness (QED) is 0.610. The largest absolute Gasteiger partial charge is 0.478 e. The third kappa shape index (κ3) is 3.46. The van der Waals surface area contributed by atoms with Crippen molar-refractivity contribution in [3.05, 3.63) is 29.8 Å². The average Bonchev–Trinajstić information content (AvgIpc) is 3.01. The second kappa shape index (κ2) is 6.79. The number of hydrogen-bond acceptors (Lipinski definition) is 4. The molecule has 8 heteroatoms. The maximum absolute atomic E-state index is 12.1. The van der Waals surface area contributed by atoms with Crippen molar-refractivity contribution in [1.82, 2.24) is 15.6 Å². The Morgan fingerprint density at radius 1 is 1.23 bits per heavy atom. The lowest BCUT2D eigenvalue weighted by Crippen LogP contribution is -2.49. The molecule has 1 aromatic rings. The van der Waals surface area contributed by atoms with Crippen LogP contribution in [0.3, 0.4) is 0 Å². The molecule has 0 spiro atoms. The predicted molar refractivity (Wildman–Crippen MR) is 79.4 cm³/mol. The van der Waals surface area contributed by atoms with Crippen molar-refractivity contribution in [1.29, 1.82) is 0 Å². The Morgan fingerprint density at radius 2 is 1.91 bits per heavy atom. The van der Waals surface area contributed by atoms with Gasteiger partial charge in [-0.2, -0.15) is 0 Å². The first-order chi connectivity index (χ1) is 10.5. The molecule has 3 amide bonds. The van der Waals surface area contributed by atoms with Crippen LogP contribution in [0.15, 0.2) is 24.3 Å². The summed E-state index contributed by atoms with van der Waals surface area (Å²) in [6.07, 6.45) is 1.39. The van der Waals surface area contributed by atoms with Gasteiger partial charge in [-0.15, -0.1) is 0 Å². The Hall–Kier alpha value is -2.77. The lowest BCUT2D eigenvalue weighted by atomic mass is 10.2. The summed E-state index contributed by atoms with van der Waals surface area (Å²) in [5.74, 6) is -1.31. The van der Waals surface area contributed by atoms with E-state index in [0.717, 1.165) is 6.42 Å². The number of carboxylic acids is 1. The van der Waals surface area contributed by atoms with Crippen molar-refractivity contribution in [2.45, 2.75) is 18.9 Å². The summed E-state index contributed by atoms with van der Waals surface area (Å²) in [6.45, 7) is 0.547. The molecule has 1 fully saturated rings. The van der Waals surface area contributed by atoms with E-state index >= 15 is 0 Å². The summed E-state index contributed by atoms with van der Waals surface area (Å²) in [7, 11) is 1.53. The first kappa shape index (κ1) is 15.6. The van der Waals surface area contributed by atoms with Crippen molar-refractivity contribution in [2.24, 2.45) is 0 Å². The number of benzene rings is 1. The molecule has 1 atom stereocenters. The number of nitrogens with zero attached hydrogens (tertiary/aromatic N) is 1. The van der Waals surface area contributed by atoms with E-state index in [-0.39, 0.29) is 17.5 Å². The molecular weight excluding hydrogens is 288 g/mol. The van der Waals surface area contributed by atoms with Crippen LogP contribution in [-0.4, -0.2) is 47.5 Å². The smallest absolute Gasteiger partial charge is 0.335 e. The van der Waals surface area contributed by atoms with E-state index < -0.39 is 12.0 Å². The highest BCUT2D eigenvalue weighted by atomic mass is 16.4. The van der Waals surface area contributed by atoms with Crippen LogP contribution >= 0.6 is 0 Å². The molecule has 1 aromatic carbocycles. The first-order valence-electron chi connectivity index (χ1n) is 6.90. The molecular formula is C14H18N4O4. The van der Waals surface area contributed by atoms with E-state index in [0.29, 0.717) is 18.7 Å². The van der Waals surface area contributed by atoms with Crippen molar-refractivity contribution >= 4 is 23.6 Å². The Kier molecular flexibility index (Phi) is 4.82. The van der Waals surface area contributed by atoms with Gasteiger partial charge >= 0.3 is 12.0 Å². The van der Waals surface area contributed by atoms with Gasteiger partial charge in [0.25, 0.3) is 5.91 Å². The maximum Gasteiger partial charge on any atom is 0.335 e. The molecule has 118 valence electrons. The number of hydrazine groups is 1. The van der Waals surface area contributed by atoms with Gasteiger partial charge in [-0.3, -0.25) is 15.6 Å². The van der Waals surface area contributed by atoms with E-state index in [4.69, 9.17) is 5.11 Å². The number of urea groups is 1. The van der Waals surface area contributed by atoms with Crippen LogP contribution in [0, 0.1) is 0 Å². The lowest BCUT2D eigenvalue weighted by molar-refractivity contribution is -0.124. The number of aromatic carboxylic acids is 1. The highest BCUT2D eigenvalue weighted by Crippen LogP contribution is 2.17. The molecule has 1 aliphatic rings. The molecule has 1 unspecified atom stereocenters.